The number of aromatic nitrogens is 2. The number of para-hydroxylation sites is 1. The summed E-state index contributed by atoms with van der Waals surface area (Å²) in [6.45, 7) is 1.93. The molecular formula is C28H23FN3O3S+. The number of rotatable bonds is 6. The van der Waals surface area contributed by atoms with Crippen LogP contribution in [0.5, 0.6) is 0 Å². The van der Waals surface area contributed by atoms with E-state index >= 15 is 0 Å². The molecule has 1 amide bonds. The summed E-state index contributed by atoms with van der Waals surface area (Å²) in [5.41, 5.74) is 5.83. The second kappa shape index (κ2) is 9.83. The van der Waals surface area contributed by atoms with E-state index in [4.69, 9.17) is 4.52 Å². The number of benzene rings is 3. The molecule has 4 aromatic rings. The van der Waals surface area contributed by atoms with Crippen molar-refractivity contribution in [3.05, 3.63) is 107 Å². The van der Waals surface area contributed by atoms with E-state index in [9.17, 15) is 13.4 Å². The van der Waals surface area contributed by atoms with Crippen LogP contribution in [0, 0.1) is 5.82 Å². The Morgan fingerprint density at radius 1 is 1.08 bits per heavy atom. The smallest absolute Gasteiger partial charge is 0.289 e. The fourth-order valence-electron chi connectivity index (χ4n) is 4.25. The van der Waals surface area contributed by atoms with Crippen LogP contribution in [0.15, 0.2) is 94.0 Å². The third-order valence-corrected chi connectivity index (χ3v) is 7.00. The van der Waals surface area contributed by atoms with E-state index in [1.165, 1.54) is 16.8 Å². The number of carbonyl (C=O) groups excluding carboxylic acids is 1. The van der Waals surface area contributed by atoms with Crippen molar-refractivity contribution in [3.63, 3.8) is 0 Å². The number of carbonyl (C=O) groups is 1. The summed E-state index contributed by atoms with van der Waals surface area (Å²) in [6, 6.07) is 21.5. The molecular weight excluding hydrogens is 477 g/mol. The summed E-state index contributed by atoms with van der Waals surface area (Å²) < 4.78 is 32.7. The minimum Gasteiger partial charge on any atom is -0.289 e. The maximum Gasteiger partial charge on any atom is 0.302 e. The first kappa shape index (κ1) is 23.6. The van der Waals surface area contributed by atoms with E-state index < -0.39 is 10.8 Å². The number of fused-ring (bicyclic) bond motifs is 1. The van der Waals surface area contributed by atoms with E-state index in [1.54, 1.807) is 18.5 Å². The Balaban J connectivity index is 1.41. The van der Waals surface area contributed by atoms with Gasteiger partial charge in [0.2, 0.25) is 16.9 Å². The molecule has 0 spiro atoms. The van der Waals surface area contributed by atoms with Crippen LogP contribution in [0.3, 0.4) is 0 Å². The lowest BCUT2D eigenvalue weighted by atomic mass is 10.0. The maximum atomic E-state index is 14.2. The SMILES string of the molecule is CC1=C(CC(=O)Nc2c[n+](-c3ccccc3)no2)c2cc(F)ccc2/C1=C\c1ccc(S(C)=O)cc1. The number of anilines is 1. The van der Waals surface area contributed by atoms with Crippen molar-refractivity contribution in [1.29, 1.82) is 0 Å². The molecule has 1 aliphatic carbocycles. The maximum absolute atomic E-state index is 14.2. The molecule has 6 nitrogen and oxygen atoms in total. The first-order valence-corrected chi connectivity index (χ1v) is 12.8. The number of halogens is 1. The summed E-state index contributed by atoms with van der Waals surface area (Å²) in [5, 5.41) is 6.69. The minimum absolute atomic E-state index is 0.0411. The summed E-state index contributed by atoms with van der Waals surface area (Å²) >= 11 is 0. The molecule has 1 aliphatic rings. The van der Waals surface area contributed by atoms with Crippen LogP contribution in [-0.4, -0.2) is 21.6 Å². The standard InChI is InChI=1S/C28H22FN3O3S/c1-18-24(14-19-8-11-22(12-9-19)36(2)34)23-13-10-20(29)15-26(23)25(18)16-27(33)30-28-17-32(31-35-28)21-6-4-3-5-7-21/h3-15,17H,16H2,1-2H3/p+1/b24-14-. The molecule has 1 aromatic heterocycles. The number of nitrogens with one attached hydrogen (secondary N) is 1. The average molecular weight is 501 g/mol. The van der Waals surface area contributed by atoms with Gasteiger partial charge in [0.1, 0.15) is 5.82 Å². The number of allylic oxidation sites excluding steroid dienone is 2. The van der Waals surface area contributed by atoms with Crippen LogP contribution in [-0.2, 0) is 15.6 Å². The zero-order valence-electron chi connectivity index (χ0n) is 19.7. The molecule has 0 bridgehead atoms. The Labute approximate surface area is 210 Å². The molecule has 8 heteroatoms. The fourth-order valence-corrected chi connectivity index (χ4v) is 4.77. The van der Waals surface area contributed by atoms with Gasteiger partial charge in [0.15, 0.2) is 0 Å². The van der Waals surface area contributed by atoms with Gasteiger partial charge in [-0.15, -0.1) is 0 Å². The van der Waals surface area contributed by atoms with Crippen LogP contribution in [0.4, 0.5) is 10.3 Å². The predicted octanol–water partition coefficient (Wildman–Crippen LogP) is 5.18. The highest BCUT2D eigenvalue weighted by Gasteiger charge is 2.26. The first-order valence-electron chi connectivity index (χ1n) is 11.3. The third kappa shape index (κ3) is 4.81. The normalized spacial score (nSPS) is 14.7. The lowest BCUT2D eigenvalue weighted by Crippen LogP contribution is -2.31. The van der Waals surface area contributed by atoms with Crippen molar-refractivity contribution in [2.45, 2.75) is 18.2 Å². The molecule has 3 aromatic carbocycles. The van der Waals surface area contributed by atoms with Gasteiger partial charge in [-0.25, -0.2) is 4.39 Å². The Morgan fingerprint density at radius 2 is 1.83 bits per heavy atom. The number of amides is 1. The predicted molar refractivity (Wildman–Crippen MR) is 137 cm³/mol. The summed E-state index contributed by atoms with van der Waals surface area (Å²) in [6.07, 6.45) is 5.27. The number of hydrogen-bond donors (Lipinski definition) is 1. The quantitative estimate of drug-likeness (QED) is 0.370. The summed E-state index contributed by atoms with van der Waals surface area (Å²) in [5.74, 6) is -0.453. The van der Waals surface area contributed by atoms with Crippen molar-refractivity contribution >= 4 is 39.8 Å². The second-order valence-corrected chi connectivity index (χ2v) is 9.83. The molecule has 0 aliphatic heterocycles. The second-order valence-electron chi connectivity index (χ2n) is 8.45. The molecule has 0 radical (unpaired) electrons. The van der Waals surface area contributed by atoms with Crippen LogP contribution < -0.4 is 10.00 Å². The van der Waals surface area contributed by atoms with Crippen molar-refractivity contribution in [2.75, 3.05) is 11.6 Å². The van der Waals surface area contributed by atoms with E-state index in [2.05, 4.69) is 10.6 Å². The van der Waals surface area contributed by atoms with Crippen molar-refractivity contribution in [3.8, 4) is 5.69 Å². The third-order valence-electron chi connectivity index (χ3n) is 6.06. The molecule has 36 heavy (non-hydrogen) atoms. The van der Waals surface area contributed by atoms with Crippen LogP contribution in [0.2, 0.25) is 0 Å². The monoisotopic (exact) mass is 500 g/mol. The van der Waals surface area contributed by atoms with Gasteiger partial charge in [0, 0.05) is 34.1 Å². The van der Waals surface area contributed by atoms with Gasteiger partial charge in [-0.05, 0) is 75.4 Å². The van der Waals surface area contributed by atoms with Crippen molar-refractivity contribution < 1.29 is 22.6 Å². The molecule has 1 heterocycles. The van der Waals surface area contributed by atoms with E-state index in [-0.39, 0.29) is 24.0 Å². The average Bonchev–Trinajstić information content (AvgIpc) is 3.43. The summed E-state index contributed by atoms with van der Waals surface area (Å²) in [4.78, 5) is 13.7. The van der Waals surface area contributed by atoms with Crippen LogP contribution in [0.25, 0.3) is 22.9 Å². The Kier molecular flexibility index (Phi) is 6.43. The minimum atomic E-state index is -1.06. The molecule has 1 N–H and O–H groups in total. The number of nitrogens with zero attached hydrogens (tertiary/aromatic N) is 2. The molecule has 0 saturated carbocycles. The summed E-state index contributed by atoms with van der Waals surface area (Å²) in [7, 11) is -1.06. The lowest BCUT2D eigenvalue weighted by molar-refractivity contribution is -0.670. The highest BCUT2D eigenvalue weighted by Crippen LogP contribution is 2.44. The zero-order chi connectivity index (χ0) is 25.2. The van der Waals surface area contributed by atoms with Gasteiger partial charge in [0.05, 0.1) is 6.42 Å². The van der Waals surface area contributed by atoms with Crippen molar-refractivity contribution in [1.82, 2.24) is 5.27 Å². The molecule has 5 rings (SSSR count). The molecule has 1 unspecified atom stereocenters. The van der Waals surface area contributed by atoms with Gasteiger partial charge in [-0.1, -0.05) is 36.4 Å². The Bertz CT molecular complexity index is 1540. The molecule has 180 valence electrons. The van der Waals surface area contributed by atoms with E-state index in [0.717, 1.165) is 38.4 Å². The lowest BCUT2D eigenvalue weighted by Gasteiger charge is -2.06. The van der Waals surface area contributed by atoms with Crippen LogP contribution in [0.1, 0.15) is 30.0 Å². The van der Waals surface area contributed by atoms with Crippen molar-refractivity contribution in [2.24, 2.45) is 0 Å². The van der Waals surface area contributed by atoms with Gasteiger partial charge in [0.25, 0.3) is 6.20 Å². The highest BCUT2D eigenvalue weighted by molar-refractivity contribution is 7.84. The van der Waals surface area contributed by atoms with Gasteiger partial charge in [-0.3, -0.25) is 18.8 Å². The van der Waals surface area contributed by atoms with Gasteiger partial charge < -0.3 is 0 Å². The van der Waals surface area contributed by atoms with Gasteiger partial charge in [-0.2, -0.15) is 0 Å². The first-order chi connectivity index (χ1) is 17.4. The molecule has 0 fully saturated rings. The van der Waals surface area contributed by atoms with Crippen LogP contribution >= 0.6 is 0 Å². The highest BCUT2D eigenvalue weighted by atomic mass is 32.2. The largest absolute Gasteiger partial charge is 0.302 e. The molecule has 0 saturated heterocycles. The van der Waals surface area contributed by atoms with E-state index in [0.29, 0.717) is 5.56 Å². The topological polar surface area (TPSA) is 76.1 Å². The van der Waals surface area contributed by atoms with E-state index in [1.807, 2.05) is 67.6 Å². The molecule has 1 atom stereocenters. The van der Waals surface area contributed by atoms with Gasteiger partial charge >= 0.3 is 5.88 Å². The fraction of sp³-hybridized carbons (Fsp3) is 0.107. The number of hydrogen-bond acceptors (Lipinski definition) is 4. The Hall–Kier alpha value is -4.17. The zero-order valence-corrected chi connectivity index (χ0v) is 20.5. The Morgan fingerprint density at radius 3 is 2.56 bits per heavy atom.